The minimum absolute atomic E-state index is 0.284. The molecule has 2 nitrogen and oxygen atoms in total. The van der Waals surface area contributed by atoms with Crippen molar-refractivity contribution in [1.82, 2.24) is 0 Å². The zero-order valence-corrected chi connectivity index (χ0v) is 7.52. The fourth-order valence-corrected chi connectivity index (χ4v) is 1.84. The lowest BCUT2D eigenvalue weighted by Gasteiger charge is -2.00. The van der Waals surface area contributed by atoms with Gasteiger partial charge in [-0.15, -0.1) is 11.3 Å². The van der Waals surface area contributed by atoms with E-state index in [4.69, 9.17) is 0 Å². The molecule has 1 aromatic heterocycles. The summed E-state index contributed by atoms with van der Waals surface area (Å²) in [6.45, 7) is 4.47. The molecule has 0 spiro atoms. The maximum Gasteiger partial charge on any atom is 0.0884 e. The van der Waals surface area contributed by atoms with E-state index in [1.807, 2.05) is 6.92 Å². The van der Waals surface area contributed by atoms with E-state index in [1.54, 1.807) is 11.3 Å². The zero-order chi connectivity index (χ0) is 8.27. The fraction of sp³-hybridized carbons (Fsp3) is 0.500. The van der Waals surface area contributed by atoms with Gasteiger partial charge in [0.2, 0.25) is 0 Å². The van der Waals surface area contributed by atoms with Gasteiger partial charge in [0.05, 0.1) is 6.54 Å². The predicted molar refractivity (Wildman–Crippen MR) is 48.1 cm³/mol. The van der Waals surface area contributed by atoms with Crippen LogP contribution in [0.25, 0.3) is 0 Å². The van der Waals surface area contributed by atoms with E-state index in [2.05, 4.69) is 24.2 Å². The van der Waals surface area contributed by atoms with Gasteiger partial charge in [-0.25, -0.2) is 0 Å². The van der Waals surface area contributed by atoms with Crippen LogP contribution in [0.3, 0.4) is 0 Å². The minimum Gasteiger partial charge on any atom is -0.151 e. The van der Waals surface area contributed by atoms with E-state index in [1.165, 1.54) is 9.75 Å². The highest BCUT2D eigenvalue weighted by Crippen LogP contribution is 2.23. The van der Waals surface area contributed by atoms with Crippen molar-refractivity contribution in [2.24, 2.45) is 5.18 Å². The van der Waals surface area contributed by atoms with Gasteiger partial charge in [0.25, 0.3) is 0 Å². The van der Waals surface area contributed by atoms with E-state index in [-0.39, 0.29) is 5.92 Å². The van der Waals surface area contributed by atoms with Crippen LogP contribution in [0.4, 0.5) is 0 Å². The van der Waals surface area contributed by atoms with Crippen LogP contribution in [0, 0.1) is 11.8 Å². The zero-order valence-electron chi connectivity index (χ0n) is 6.70. The van der Waals surface area contributed by atoms with Gasteiger partial charge in [-0.1, -0.05) is 12.1 Å². The molecule has 0 fully saturated rings. The molecule has 1 rings (SSSR count). The first-order chi connectivity index (χ1) is 5.24. The van der Waals surface area contributed by atoms with Crippen LogP contribution in [0.2, 0.25) is 0 Å². The number of hydrogen-bond acceptors (Lipinski definition) is 3. The Hall–Kier alpha value is -0.700. The van der Waals surface area contributed by atoms with Crippen LogP contribution in [0.1, 0.15) is 22.6 Å². The molecule has 3 heteroatoms. The Labute approximate surface area is 70.2 Å². The van der Waals surface area contributed by atoms with Crippen LogP contribution in [-0.4, -0.2) is 6.54 Å². The van der Waals surface area contributed by atoms with Crippen LogP contribution >= 0.6 is 11.3 Å². The maximum atomic E-state index is 9.95. The Morgan fingerprint density at radius 3 is 2.82 bits per heavy atom. The van der Waals surface area contributed by atoms with Gasteiger partial charge in [-0.2, -0.15) is 4.91 Å². The summed E-state index contributed by atoms with van der Waals surface area (Å²) < 4.78 is 0. The van der Waals surface area contributed by atoms with E-state index >= 15 is 0 Å². The molecule has 60 valence electrons. The van der Waals surface area contributed by atoms with Gasteiger partial charge in [0.15, 0.2) is 0 Å². The third kappa shape index (κ3) is 2.12. The third-order valence-corrected chi connectivity index (χ3v) is 2.83. The van der Waals surface area contributed by atoms with Crippen molar-refractivity contribution in [3.63, 3.8) is 0 Å². The summed E-state index contributed by atoms with van der Waals surface area (Å²) in [5.41, 5.74) is 0. The lowest BCUT2D eigenvalue weighted by Crippen LogP contribution is -1.92. The summed E-state index contributed by atoms with van der Waals surface area (Å²) in [6.07, 6.45) is 0. The van der Waals surface area contributed by atoms with E-state index in [0.717, 1.165) is 0 Å². The molecule has 1 atom stereocenters. The van der Waals surface area contributed by atoms with Gasteiger partial charge in [-0.05, 0) is 19.1 Å². The molecule has 0 aliphatic carbocycles. The molecule has 11 heavy (non-hydrogen) atoms. The number of nitrogens with zero attached hydrogens (tertiary/aromatic N) is 1. The normalized spacial score (nSPS) is 12.9. The average Bonchev–Trinajstić information content (AvgIpc) is 2.36. The summed E-state index contributed by atoms with van der Waals surface area (Å²) in [5, 5.41) is 2.88. The van der Waals surface area contributed by atoms with Crippen molar-refractivity contribution < 1.29 is 0 Å². The molecule has 0 bridgehead atoms. The average molecular weight is 169 g/mol. The van der Waals surface area contributed by atoms with Crippen LogP contribution in [-0.2, 0) is 0 Å². The van der Waals surface area contributed by atoms with Gasteiger partial charge in [0, 0.05) is 15.7 Å². The van der Waals surface area contributed by atoms with E-state index in [9.17, 15) is 4.91 Å². The van der Waals surface area contributed by atoms with Crippen molar-refractivity contribution in [3.8, 4) is 0 Å². The second kappa shape index (κ2) is 3.62. The lowest BCUT2D eigenvalue weighted by molar-refractivity contribution is 0.787. The van der Waals surface area contributed by atoms with Crippen molar-refractivity contribution in [2.45, 2.75) is 19.8 Å². The van der Waals surface area contributed by atoms with Crippen LogP contribution < -0.4 is 0 Å². The maximum absolute atomic E-state index is 9.95. The molecule has 0 aromatic carbocycles. The number of thiophene rings is 1. The highest BCUT2D eigenvalue weighted by molar-refractivity contribution is 7.12. The third-order valence-electron chi connectivity index (χ3n) is 1.60. The smallest absolute Gasteiger partial charge is 0.0884 e. The first-order valence-corrected chi connectivity index (χ1v) is 4.41. The molecule has 0 amide bonds. The van der Waals surface area contributed by atoms with E-state index in [0.29, 0.717) is 6.54 Å². The monoisotopic (exact) mass is 169 g/mol. The highest BCUT2D eigenvalue weighted by Gasteiger charge is 2.06. The fourth-order valence-electron chi connectivity index (χ4n) is 0.920. The SMILES string of the molecule is Cc1ccc(C(C)CN=O)s1. The molecule has 1 unspecified atom stereocenters. The van der Waals surface area contributed by atoms with Gasteiger partial charge in [-0.3, -0.25) is 0 Å². The molecule has 0 aliphatic heterocycles. The molecular weight excluding hydrogens is 158 g/mol. The Morgan fingerprint density at radius 2 is 2.36 bits per heavy atom. The summed E-state index contributed by atoms with van der Waals surface area (Å²) in [7, 11) is 0. The Morgan fingerprint density at radius 1 is 1.64 bits per heavy atom. The second-order valence-electron chi connectivity index (χ2n) is 2.66. The van der Waals surface area contributed by atoms with E-state index < -0.39 is 0 Å². The first kappa shape index (κ1) is 8.40. The van der Waals surface area contributed by atoms with Crippen LogP contribution in [0.5, 0.6) is 0 Å². The molecule has 0 N–H and O–H groups in total. The van der Waals surface area contributed by atoms with Crippen LogP contribution in [0.15, 0.2) is 17.3 Å². The highest BCUT2D eigenvalue weighted by atomic mass is 32.1. The molecule has 0 saturated heterocycles. The lowest BCUT2D eigenvalue weighted by atomic mass is 10.1. The number of hydrogen-bond donors (Lipinski definition) is 0. The van der Waals surface area contributed by atoms with Gasteiger partial charge >= 0.3 is 0 Å². The first-order valence-electron chi connectivity index (χ1n) is 3.59. The topological polar surface area (TPSA) is 29.4 Å². The van der Waals surface area contributed by atoms with Crippen molar-refractivity contribution in [2.75, 3.05) is 6.54 Å². The summed E-state index contributed by atoms with van der Waals surface area (Å²) in [4.78, 5) is 12.5. The van der Waals surface area contributed by atoms with Gasteiger partial charge < -0.3 is 0 Å². The Bertz CT molecular complexity index is 244. The molecule has 1 heterocycles. The molecule has 1 aromatic rings. The predicted octanol–water partition coefficient (Wildman–Crippen LogP) is 2.93. The minimum atomic E-state index is 0.284. The number of rotatable bonds is 3. The molecule has 0 aliphatic rings. The quantitative estimate of drug-likeness (QED) is 0.640. The molecule has 0 radical (unpaired) electrons. The Balaban J connectivity index is 2.67. The summed E-state index contributed by atoms with van der Waals surface area (Å²) >= 11 is 1.74. The standard InChI is InChI=1S/C8H11NOS/c1-6(5-9-10)8-4-3-7(2)11-8/h3-4,6H,5H2,1-2H3. The largest absolute Gasteiger partial charge is 0.151 e. The molecular formula is C8H11NOS. The van der Waals surface area contributed by atoms with Gasteiger partial charge in [0.1, 0.15) is 0 Å². The number of aryl methyl sites for hydroxylation is 1. The summed E-state index contributed by atoms with van der Waals surface area (Å²) in [6, 6.07) is 4.14. The molecule has 0 saturated carbocycles. The van der Waals surface area contributed by atoms with Crippen molar-refractivity contribution in [3.05, 3.63) is 26.8 Å². The number of nitroso groups, excluding NO2 is 1. The Kier molecular flexibility index (Phi) is 2.76. The van der Waals surface area contributed by atoms with Crippen molar-refractivity contribution >= 4 is 11.3 Å². The second-order valence-corrected chi connectivity index (χ2v) is 3.98. The van der Waals surface area contributed by atoms with Crippen molar-refractivity contribution in [1.29, 1.82) is 0 Å². The summed E-state index contributed by atoms with van der Waals surface area (Å²) in [5.74, 6) is 0.284.